The molecule has 5 unspecified atom stereocenters. The molecule has 0 aliphatic carbocycles. The van der Waals surface area contributed by atoms with Crippen LogP contribution >= 0.6 is 44.3 Å². The molecule has 5 atom stereocenters. The van der Waals surface area contributed by atoms with Crippen molar-refractivity contribution in [1.82, 2.24) is 10.5 Å². The van der Waals surface area contributed by atoms with Gasteiger partial charge in [-0.1, -0.05) is 31.9 Å². The van der Waals surface area contributed by atoms with E-state index in [1.165, 1.54) is 12.1 Å². The number of ether oxygens (including phenoxy) is 4. The second-order valence-corrected chi connectivity index (χ2v) is 13.1. The predicted molar refractivity (Wildman–Crippen MR) is 177 cm³/mol. The summed E-state index contributed by atoms with van der Waals surface area (Å²) in [6.07, 6.45) is 1.21. The average Bonchev–Trinajstić information content (AvgIpc) is 3.35. The van der Waals surface area contributed by atoms with Crippen LogP contribution in [0.1, 0.15) is 36.8 Å². The van der Waals surface area contributed by atoms with Crippen LogP contribution < -0.4 is 20.7 Å². The fourth-order valence-electron chi connectivity index (χ4n) is 6.12. The van der Waals surface area contributed by atoms with Gasteiger partial charge in [-0.15, -0.1) is 12.4 Å². The zero-order chi connectivity index (χ0) is 33.1. The fraction of sp³-hybridized carbons (Fsp3) is 0.500. The first-order valence-corrected chi connectivity index (χ1v) is 16.1. The van der Waals surface area contributed by atoms with E-state index in [1.54, 1.807) is 43.0 Å². The predicted octanol–water partition coefficient (Wildman–Crippen LogP) is 5.09. The van der Waals surface area contributed by atoms with Crippen molar-refractivity contribution < 1.29 is 37.8 Å². The Balaban J connectivity index is 0.000000194. The second-order valence-electron chi connectivity index (χ2n) is 11.2. The lowest BCUT2D eigenvalue weighted by atomic mass is 9.79. The summed E-state index contributed by atoms with van der Waals surface area (Å²) in [5, 5.41) is 17.4. The molecule has 47 heavy (non-hydrogen) atoms. The molecule has 17 heteroatoms. The molecule has 4 N–H and O–H groups in total. The van der Waals surface area contributed by atoms with E-state index in [4.69, 9.17) is 40.0 Å². The van der Waals surface area contributed by atoms with E-state index < -0.39 is 29.3 Å². The minimum absolute atomic E-state index is 0. The molecule has 3 spiro atoms. The first-order chi connectivity index (χ1) is 22.0. The van der Waals surface area contributed by atoms with Gasteiger partial charge in [0.15, 0.2) is 23.5 Å². The zero-order valence-corrected chi connectivity index (χ0v) is 29.5. The Labute approximate surface area is 293 Å². The van der Waals surface area contributed by atoms with Crippen molar-refractivity contribution in [3.8, 4) is 17.7 Å². The maximum atomic E-state index is 15.7. The van der Waals surface area contributed by atoms with E-state index in [0.29, 0.717) is 48.7 Å². The Hall–Kier alpha value is -2.62. The third-order valence-electron chi connectivity index (χ3n) is 8.20. The van der Waals surface area contributed by atoms with Crippen LogP contribution in [-0.2, 0) is 20.0 Å². The number of hydrogen-bond acceptors (Lipinski definition) is 12. The summed E-state index contributed by atoms with van der Waals surface area (Å²) in [6, 6.07) is 10.7. The van der Waals surface area contributed by atoms with Crippen molar-refractivity contribution >= 4 is 55.9 Å². The Bertz CT molecular complexity index is 1540. The van der Waals surface area contributed by atoms with Gasteiger partial charge in [-0.05, 0) is 62.1 Å². The maximum absolute atomic E-state index is 15.7. The molecule has 7 rings (SSSR count). The smallest absolute Gasteiger partial charge is 0.252 e. The lowest BCUT2D eigenvalue weighted by Gasteiger charge is -2.48. The number of nitrogens with zero attached hydrogens (tertiary/aromatic N) is 4. The molecule has 0 radical (unpaired) electrons. The number of guanidine groups is 1. The highest BCUT2D eigenvalue weighted by Crippen LogP contribution is 2.53. The Morgan fingerprint density at radius 1 is 1.04 bits per heavy atom. The van der Waals surface area contributed by atoms with E-state index in [0.717, 1.165) is 21.8 Å². The molecular formula is C30H35Br2ClF2N6O6. The van der Waals surface area contributed by atoms with Crippen LogP contribution in [0, 0.1) is 11.5 Å². The van der Waals surface area contributed by atoms with Crippen LogP contribution in [0.15, 0.2) is 55.3 Å². The van der Waals surface area contributed by atoms with E-state index in [1.807, 2.05) is 12.1 Å². The molecular weight excluding hydrogens is 774 g/mol. The van der Waals surface area contributed by atoms with Gasteiger partial charge in [0.1, 0.15) is 17.2 Å². The molecule has 0 saturated carbocycles. The van der Waals surface area contributed by atoms with Gasteiger partial charge in [0, 0.05) is 41.8 Å². The quantitative estimate of drug-likeness (QED) is 0.242. The Morgan fingerprint density at radius 2 is 1.62 bits per heavy atom. The molecule has 0 bridgehead atoms. The second kappa shape index (κ2) is 15.3. The Kier molecular flexibility index (Phi) is 12.1. The zero-order valence-electron chi connectivity index (χ0n) is 25.6. The summed E-state index contributed by atoms with van der Waals surface area (Å²) in [5.74, 6) is 1.22. The Morgan fingerprint density at radius 3 is 2.17 bits per heavy atom. The summed E-state index contributed by atoms with van der Waals surface area (Å²) in [5.41, 5.74) is 5.05. The number of nitrogens with two attached hydrogens (primary N) is 1. The molecule has 12 nitrogen and oxygen atoms in total. The van der Waals surface area contributed by atoms with Crippen molar-refractivity contribution in [3.63, 3.8) is 0 Å². The first-order valence-electron chi connectivity index (χ1n) is 14.5. The minimum Gasteiger partial charge on any atom is -0.481 e. The molecule has 5 aliphatic heterocycles. The standard InChI is InChI=1S/C15H17BrFN3O3.C14H12BrFN2O2.CH5NO.ClH/c1-20-13(18)19-15(23-20)10-7-9(16)3-4-11(10)22-14(12(15)17)5-2-6-21-8-14;15-9-2-3-11-10(6-9)12(18-8-17)13(16)14(20-11)4-1-5-19-7-14;1-2-3;/h3-4,7,12H,2,5-6,8H2,1H3,(H2,18,19);2-3,6,13H,1,4-5,7H2;2-3H,1H3;1H. The van der Waals surface area contributed by atoms with Crippen LogP contribution in [-0.4, -0.2) is 86.0 Å². The van der Waals surface area contributed by atoms with Gasteiger partial charge in [0.25, 0.3) is 5.72 Å². The van der Waals surface area contributed by atoms with E-state index in [9.17, 15) is 4.39 Å². The minimum atomic E-state index is -1.54. The number of rotatable bonds is 0. The van der Waals surface area contributed by atoms with Crippen LogP contribution in [0.2, 0.25) is 0 Å². The van der Waals surface area contributed by atoms with Crippen LogP contribution in [0.3, 0.4) is 0 Å². The number of hydrogen-bond donors (Lipinski definition) is 3. The third-order valence-corrected chi connectivity index (χ3v) is 9.19. The van der Waals surface area contributed by atoms with Crippen molar-refractivity contribution in [2.45, 2.75) is 55.0 Å². The number of halogens is 5. The molecule has 0 amide bonds. The summed E-state index contributed by atoms with van der Waals surface area (Å²) >= 11 is 6.74. The van der Waals surface area contributed by atoms with E-state index in [-0.39, 0.29) is 37.3 Å². The highest BCUT2D eigenvalue weighted by Gasteiger charge is 2.64. The fourth-order valence-corrected chi connectivity index (χ4v) is 6.85. The van der Waals surface area contributed by atoms with Gasteiger partial charge >= 0.3 is 0 Å². The summed E-state index contributed by atoms with van der Waals surface area (Å²) in [6.45, 7) is 1.54. The van der Waals surface area contributed by atoms with Crippen molar-refractivity contribution in [3.05, 3.63) is 56.5 Å². The third kappa shape index (κ3) is 7.09. The monoisotopic (exact) mass is 806 g/mol. The maximum Gasteiger partial charge on any atom is 0.252 e. The van der Waals surface area contributed by atoms with Gasteiger partial charge in [0.2, 0.25) is 12.2 Å². The molecule has 5 heterocycles. The number of nitrogens with one attached hydrogen (secondary N) is 1. The van der Waals surface area contributed by atoms with Gasteiger partial charge in [-0.25, -0.2) is 29.2 Å². The number of aliphatic imine (C=N–C) groups is 2. The van der Waals surface area contributed by atoms with Crippen molar-refractivity contribution in [2.75, 3.05) is 40.5 Å². The molecule has 0 aromatic heterocycles. The lowest BCUT2D eigenvalue weighted by molar-refractivity contribution is -0.254. The van der Waals surface area contributed by atoms with E-state index >= 15 is 4.39 Å². The number of nitriles is 1. The molecule has 256 valence electrons. The molecule has 2 aromatic rings. The van der Waals surface area contributed by atoms with Gasteiger partial charge < -0.3 is 29.9 Å². The average molecular weight is 809 g/mol. The normalized spacial score (nSPS) is 31.1. The lowest BCUT2D eigenvalue weighted by Crippen LogP contribution is -2.62. The molecule has 2 aromatic carbocycles. The summed E-state index contributed by atoms with van der Waals surface area (Å²) in [4.78, 5) is 13.8. The van der Waals surface area contributed by atoms with Crippen molar-refractivity contribution in [2.24, 2.45) is 15.7 Å². The highest BCUT2D eigenvalue weighted by atomic mass is 79.9. The van der Waals surface area contributed by atoms with Crippen LogP contribution in [0.25, 0.3) is 0 Å². The van der Waals surface area contributed by atoms with Gasteiger partial charge in [0.05, 0.1) is 18.8 Å². The molecule has 2 fully saturated rings. The van der Waals surface area contributed by atoms with E-state index in [2.05, 4.69) is 41.8 Å². The van der Waals surface area contributed by atoms with Crippen LogP contribution in [0.4, 0.5) is 8.78 Å². The SMILES string of the molecule is CN1OC2(N=C1N)c1cc(Br)ccc1OC1(CCCOC1)C2F.CNO.Cl.N#CN=C1c2cc(Br)ccc2OC2(CCCOC2)C1F. The molecule has 2 saturated heterocycles. The topological polar surface area (TPSA) is 156 Å². The number of fused-ring (bicyclic) bond motifs is 3. The summed E-state index contributed by atoms with van der Waals surface area (Å²) in [7, 11) is 3.04. The number of hydroxylamine groups is 3. The summed E-state index contributed by atoms with van der Waals surface area (Å²) < 4.78 is 55.0. The van der Waals surface area contributed by atoms with Crippen LogP contribution in [0.5, 0.6) is 11.5 Å². The number of alkyl halides is 2. The highest BCUT2D eigenvalue weighted by molar-refractivity contribution is 9.10. The van der Waals surface area contributed by atoms with Gasteiger partial charge in [-0.2, -0.15) is 10.3 Å². The largest absolute Gasteiger partial charge is 0.481 e. The molecule has 5 aliphatic rings. The van der Waals surface area contributed by atoms with Crippen molar-refractivity contribution in [1.29, 1.82) is 5.26 Å². The first kappa shape index (κ1) is 37.2. The van der Waals surface area contributed by atoms with Gasteiger partial charge in [-0.3, -0.25) is 0 Å². The number of benzene rings is 2.